The lowest BCUT2D eigenvalue weighted by molar-refractivity contribution is -0.144. The number of carboxylic acids is 1. The summed E-state index contributed by atoms with van der Waals surface area (Å²) in [5.74, 6) is 0.579. The SMILES string of the molecule is COc1ccc(C)cc1-n1ccc(C(=O)NC2(C(=O)O)CCSCC2)n1. The zero-order chi connectivity index (χ0) is 18.7. The Kier molecular flexibility index (Phi) is 5.22. The maximum absolute atomic E-state index is 12.6. The normalized spacial score (nSPS) is 16.1. The van der Waals surface area contributed by atoms with Crippen LogP contribution in [0, 0.1) is 6.92 Å². The van der Waals surface area contributed by atoms with Crippen molar-refractivity contribution in [3.8, 4) is 11.4 Å². The molecule has 7 nitrogen and oxygen atoms in total. The van der Waals surface area contributed by atoms with Gasteiger partial charge in [-0.25, -0.2) is 9.48 Å². The first-order valence-corrected chi connectivity index (χ1v) is 9.45. The lowest BCUT2D eigenvalue weighted by Gasteiger charge is -2.33. The second-order valence-corrected chi connectivity index (χ2v) is 7.50. The molecule has 2 N–H and O–H groups in total. The minimum Gasteiger partial charge on any atom is -0.494 e. The van der Waals surface area contributed by atoms with Crippen LogP contribution in [-0.4, -0.2) is 50.9 Å². The predicted octanol–water partition coefficient (Wildman–Crippen LogP) is 2.27. The summed E-state index contributed by atoms with van der Waals surface area (Å²) in [5, 5.41) is 16.6. The van der Waals surface area contributed by atoms with E-state index in [4.69, 9.17) is 4.74 Å². The standard InChI is InChI=1S/C18H21N3O4S/c1-12-3-4-15(25-2)14(11-12)21-8-5-13(20-21)16(22)19-18(17(23)24)6-9-26-10-7-18/h3-5,8,11H,6-7,9-10H2,1-2H3,(H,19,22)(H,23,24). The Morgan fingerprint density at radius 2 is 2.04 bits per heavy atom. The number of carbonyl (C=O) groups excluding carboxylic acids is 1. The Hall–Kier alpha value is -2.48. The average Bonchev–Trinajstić information content (AvgIpc) is 3.12. The van der Waals surface area contributed by atoms with E-state index in [1.54, 1.807) is 35.8 Å². The zero-order valence-corrected chi connectivity index (χ0v) is 15.5. The van der Waals surface area contributed by atoms with Gasteiger partial charge in [-0.1, -0.05) is 6.07 Å². The Labute approximate surface area is 155 Å². The van der Waals surface area contributed by atoms with Crippen LogP contribution >= 0.6 is 11.8 Å². The van der Waals surface area contributed by atoms with Crippen molar-refractivity contribution < 1.29 is 19.4 Å². The number of rotatable bonds is 5. The molecular weight excluding hydrogens is 354 g/mol. The van der Waals surface area contributed by atoms with Crippen LogP contribution in [0.25, 0.3) is 5.69 Å². The molecule has 0 bridgehead atoms. The summed E-state index contributed by atoms with van der Waals surface area (Å²) < 4.78 is 6.91. The molecule has 1 fully saturated rings. The van der Waals surface area contributed by atoms with Gasteiger partial charge in [-0.3, -0.25) is 4.79 Å². The predicted molar refractivity (Wildman–Crippen MR) is 99.2 cm³/mol. The highest BCUT2D eigenvalue weighted by molar-refractivity contribution is 7.99. The van der Waals surface area contributed by atoms with Gasteiger partial charge in [0.2, 0.25) is 0 Å². The lowest BCUT2D eigenvalue weighted by atomic mass is 9.92. The number of aromatic nitrogens is 2. The number of ether oxygens (including phenoxy) is 1. The number of nitrogens with zero attached hydrogens (tertiary/aromatic N) is 2. The fourth-order valence-electron chi connectivity index (χ4n) is 2.95. The summed E-state index contributed by atoms with van der Waals surface area (Å²) in [6, 6.07) is 7.25. The van der Waals surface area contributed by atoms with Gasteiger partial charge in [0.15, 0.2) is 5.69 Å². The summed E-state index contributed by atoms with van der Waals surface area (Å²) in [6.45, 7) is 1.96. The highest BCUT2D eigenvalue weighted by atomic mass is 32.2. The first-order valence-electron chi connectivity index (χ1n) is 8.29. The minimum absolute atomic E-state index is 0.174. The number of amides is 1. The Bertz CT molecular complexity index is 828. The first kappa shape index (κ1) is 18.3. The highest BCUT2D eigenvalue weighted by Crippen LogP contribution is 2.28. The topological polar surface area (TPSA) is 93.5 Å². The average molecular weight is 375 g/mol. The molecule has 0 unspecified atom stereocenters. The van der Waals surface area contributed by atoms with Crippen LogP contribution in [0.3, 0.4) is 0 Å². The van der Waals surface area contributed by atoms with E-state index in [1.807, 2.05) is 25.1 Å². The molecule has 26 heavy (non-hydrogen) atoms. The molecule has 1 aliphatic heterocycles. The van der Waals surface area contributed by atoms with E-state index in [-0.39, 0.29) is 5.69 Å². The molecule has 2 aromatic rings. The van der Waals surface area contributed by atoms with Crippen molar-refractivity contribution in [3.63, 3.8) is 0 Å². The fraction of sp³-hybridized carbons (Fsp3) is 0.389. The van der Waals surface area contributed by atoms with E-state index in [0.717, 1.165) is 5.56 Å². The third-order valence-corrected chi connectivity index (χ3v) is 5.50. The summed E-state index contributed by atoms with van der Waals surface area (Å²) in [5.41, 5.74) is 0.709. The molecule has 1 aliphatic rings. The van der Waals surface area contributed by atoms with Crippen molar-refractivity contribution >= 4 is 23.6 Å². The number of carbonyl (C=O) groups is 2. The van der Waals surface area contributed by atoms with Crippen LogP contribution in [0.4, 0.5) is 0 Å². The van der Waals surface area contributed by atoms with E-state index < -0.39 is 17.4 Å². The van der Waals surface area contributed by atoms with Gasteiger partial charge < -0.3 is 15.2 Å². The van der Waals surface area contributed by atoms with E-state index >= 15 is 0 Å². The van der Waals surface area contributed by atoms with Crippen molar-refractivity contribution in [3.05, 3.63) is 41.7 Å². The number of methoxy groups -OCH3 is 1. The molecule has 3 rings (SSSR count). The number of thioether (sulfide) groups is 1. The van der Waals surface area contributed by atoms with Gasteiger partial charge in [-0.05, 0) is 55.0 Å². The molecule has 2 heterocycles. The van der Waals surface area contributed by atoms with Crippen molar-refractivity contribution in [2.24, 2.45) is 0 Å². The molecular formula is C18H21N3O4S. The number of aliphatic carboxylic acids is 1. The smallest absolute Gasteiger partial charge is 0.329 e. The Morgan fingerprint density at radius 1 is 1.31 bits per heavy atom. The Balaban J connectivity index is 1.84. The molecule has 0 aliphatic carbocycles. The number of hydrogen-bond acceptors (Lipinski definition) is 5. The molecule has 0 atom stereocenters. The minimum atomic E-state index is -1.22. The number of aryl methyl sites for hydroxylation is 1. The van der Waals surface area contributed by atoms with E-state index in [9.17, 15) is 14.7 Å². The summed E-state index contributed by atoms with van der Waals surface area (Å²) in [7, 11) is 1.57. The number of carboxylic acid groups (broad SMARTS) is 1. The van der Waals surface area contributed by atoms with Crippen LogP contribution in [0.1, 0.15) is 28.9 Å². The molecule has 138 valence electrons. The largest absolute Gasteiger partial charge is 0.494 e. The van der Waals surface area contributed by atoms with Gasteiger partial charge in [0.1, 0.15) is 17.0 Å². The van der Waals surface area contributed by atoms with Crippen molar-refractivity contribution in [2.75, 3.05) is 18.6 Å². The maximum Gasteiger partial charge on any atom is 0.329 e. The zero-order valence-electron chi connectivity index (χ0n) is 14.7. The van der Waals surface area contributed by atoms with Crippen LogP contribution in [-0.2, 0) is 4.79 Å². The molecule has 0 saturated carbocycles. The van der Waals surface area contributed by atoms with E-state index in [0.29, 0.717) is 35.8 Å². The Morgan fingerprint density at radius 3 is 2.69 bits per heavy atom. The summed E-state index contributed by atoms with van der Waals surface area (Å²) in [4.78, 5) is 24.3. The van der Waals surface area contributed by atoms with Gasteiger partial charge in [-0.2, -0.15) is 16.9 Å². The molecule has 1 aromatic carbocycles. The summed E-state index contributed by atoms with van der Waals surface area (Å²) in [6.07, 6.45) is 2.48. The van der Waals surface area contributed by atoms with Gasteiger partial charge in [0.05, 0.1) is 7.11 Å². The molecule has 1 amide bonds. The second-order valence-electron chi connectivity index (χ2n) is 6.27. The van der Waals surface area contributed by atoms with Crippen LogP contribution in [0.5, 0.6) is 5.75 Å². The maximum atomic E-state index is 12.6. The van der Waals surface area contributed by atoms with Crippen molar-refractivity contribution in [2.45, 2.75) is 25.3 Å². The lowest BCUT2D eigenvalue weighted by Crippen LogP contribution is -2.56. The fourth-order valence-corrected chi connectivity index (χ4v) is 4.14. The third-order valence-electron chi connectivity index (χ3n) is 4.51. The first-order chi connectivity index (χ1) is 12.4. The second kappa shape index (κ2) is 7.41. The van der Waals surface area contributed by atoms with Crippen LogP contribution < -0.4 is 10.1 Å². The van der Waals surface area contributed by atoms with Crippen LogP contribution in [0.15, 0.2) is 30.5 Å². The van der Waals surface area contributed by atoms with E-state index in [2.05, 4.69) is 10.4 Å². The molecule has 8 heteroatoms. The molecule has 0 spiro atoms. The molecule has 0 radical (unpaired) electrons. The summed E-state index contributed by atoms with van der Waals surface area (Å²) >= 11 is 1.70. The third kappa shape index (κ3) is 3.55. The monoisotopic (exact) mass is 375 g/mol. The number of nitrogens with one attached hydrogen (secondary N) is 1. The molecule has 1 aromatic heterocycles. The number of benzene rings is 1. The molecule has 1 saturated heterocycles. The van der Waals surface area contributed by atoms with Crippen LogP contribution in [0.2, 0.25) is 0 Å². The van der Waals surface area contributed by atoms with Crippen molar-refractivity contribution in [1.82, 2.24) is 15.1 Å². The highest BCUT2D eigenvalue weighted by Gasteiger charge is 2.41. The van der Waals surface area contributed by atoms with Gasteiger partial charge in [0.25, 0.3) is 5.91 Å². The van der Waals surface area contributed by atoms with Gasteiger partial charge in [-0.15, -0.1) is 0 Å². The van der Waals surface area contributed by atoms with Crippen molar-refractivity contribution in [1.29, 1.82) is 0 Å². The van der Waals surface area contributed by atoms with Gasteiger partial charge in [0, 0.05) is 6.20 Å². The van der Waals surface area contributed by atoms with Gasteiger partial charge >= 0.3 is 5.97 Å². The quantitative estimate of drug-likeness (QED) is 0.833. The van der Waals surface area contributed by atoms with E-state index in [1.165, 1.54) is 0 Å². The number of hydrogen-bond donors (Lipinski definition) is 2.